The van der Waals surface area contributed by atoms with Gasteiger partial charge < -0.3 is 24.2 Å². The maximum atomic E-state index is 13.5. The molecule has 1 N–H and O–H groups in total. The van der Waals surface area contributed by atoms with E-state index in [1.165, 1.54) is 4.90 Å². The molecule has 1 heterocycles. The van der Waals surface area contributed by atoms with E-state index in [0.717, 1.165) is 5.56 Å². The molecule has 0 bridgehead atoms. The lowest BCUT2D eigenvalue weighted by atomic mass is 9.95. The molecule has 0 spiro atoms. The number of likely N-dealkylation sites (tertiary alicyclic amines) is 1. The summed E-state index contributed by atoms with van der Waals surface area (Å²) in [7, 11) is 1.56. The average Bonchev–Trinajstić information content (AvgIpc) is 3.17. The van der Waals surface area contributed by atoms with Crippen LogP contribution in [0.25, 0.3) is 5.76 Å². The van der Waals surface area contributed by atoms with Gasteiger partial charge in [0.2, 0.25) is 0 Å². The van der Waals surface area contributed by atoms with Crippen LogP contribution in [0.1, 0.15) is 50.4 Å². The number of methoxy groups -OCH3 is 1. The molecule has 39 heavy (non-hydrogen) atoms. The first-order valence-corrected chi connectivity index (χ1v) is 13.1. The van der Waals surface area contributed by atoms with Crippen molar-refractivity contribution in [2.24, 2.45) is 5.92 Å². The van der Waals surface area contributed by atoms with Crippen LogP contribution >= 0.6 is 0 Å². The standard InChI is InChI=1S/C32H35NO6/c1-20(2)19-38-26-11-8-10-23(17-26)30(34)28-29(22-13-15-25(16-14-22)39-21(3)4)33(32(36)31(28)35)18-24-9-6-7-12-27(24)37-5/h6-17,20-21,29,34H,18-19H2,1-5H3/b30-28-. The minimum absolute atomic E-state index is 0.00257. The Hall–Kier alpha value is -4.26. The van der Waals surface area contributed by atoms with Gasteiger partial charge in [-0.3, -0.25) is 9.59 Å². The van der Waals surface area contributed by atoms with Crippen LogP contribution in [0.15, 0.2) is 78.4 Å². The number of rotatable bonds is 10. The van der Waals surface area contributed by atoms with Crippen molar-refractivity contribution in [1.29, 1.82) is 0 Å². The summed E-state index contributed by atoms with van der Waals surface area (Å²) in [5.74, 6) is 0.483. The van der Waals surface area contributed by atoms with Crippen LogP contribution in [0.4, 0.5) is 0 Å². The van der Waals surface area contributed by atoms with Crippen LogP contribution in [0.3, 0.4) is 0 Å². The summed E-state index contributed by atoms with van der Waals surface area (Å²) in [4.78, 5) is 28.4. The summed E-state index contributed by atoms with van der Waals surface area (Å²) in [5, 5.41) is 11.5. The van der Waals surface area contributed by atoms with Gasteiger partial charge in [-0.15, -0.1) is 0 Å². The third-order valence-electron chi connectivity index (χ3n) is 6.33. The number of ketones is 1. The lowest BCUT2D eigenvalue weighted by Crippen LogP contribution is -2.29. The number of amides is 1. The molecule has 4 rings (SSSR count). The zero-order valence-corrected chi connectivity index (χ0v) is 23.0. The van der Waals surface area contributed by atoms with Crippen molar-refractivity contribution < 1.29 is 28.9 Å². The van der Waals surface area contributed by atoms with Gasteiger partial charge in [0, 0.05) is 11.1 Å². The first kappa shape index (κ1) is 27.8. The molecule has 3 aromatic rings. The molecule has 0 radical (unpaired) electrons. The van der Waals surface area contributed by atoms with Crippen molar-refractivity contribution in [2.75, 3.05) is 13.7 Å². The van der Waals surface area contributed by atoms with Crippen LogP contribution < -0.4 is 14.2 Å². The predicted octanol–water partition coefficient (Wildman–Crippen LogP) is 6.14. The van der Waals surface area contributed by atoms with E-state index in [-0.39, 0.29) is 24.0 Å². The lowest BCUT2D eigenvalue weighted by molar-refractivity contribution is -0.140. The number of para-hydroxylation sites is 1. The first-order chi connectivity index (χ1) is 18.7. The number of aliphatic hydroxyl groups is 1. The second-order valence-electron chi connectivity index (χ2n) is 10.2. The molecule has 1 saturated heterocycles. The Morgan fingerprint density at radius 1 is 0.923 bits per heavy atom. The maximum absolute atomic E-state index is 13.5. The molecule has 0 saturated carbocycles. The van der Waals surface area contributed by atoms with E-state index in [2.05, 4.69) is 0 Å². The highest BCUT2D eigenvalue weighted by molar-refractivity contribution is 6.46. The van der Waals surface area contributed by atoms with Gasteiger partial charge >= 0.3 is 0 Å². The average molecular weight is 530 g/mol. The molecule has 1 aliphatic heterocycles. The molecule has 204 valence electrons. The molecule has 1 aliphatic rings. The number of Topliss-reactive ketones (excluding diaryl/α,β-unsaturated/α-hetero) is 1. The SMILES string of the molecule is COc1ccccc1CN1C(=O)C(=O)/C(=C(\O)c2cccc(OCC(C)C)c2)C1c1ccc(OC(C)C)cc1. The van der Waals surface area contributed by atoms with Gasteiger partial charge in [-0.05, 0) is 55.7 Å². The fourth-order valence-corrected chi connectivity index (χ4v) is 4.56. The Morgan fingerprint density at radius 3 is 2.31 bits per heavy atom. The van der Waals surface area contributed by atoms with Crippen LogP contribution in [-0.2, 0) is 16.1 Å². The summed E-state index contributed by atoms with van der Waals surface area (Å²) in [6.45, 7) is 8.61. The summed E-state index contributed by atoms with van der Waals surface area (Å²) in [5.41, 5.74) is 1.84. The highest BCUT2D eigenvalue weighted by atomic mass is 16.5. The lowest BCUT2D eigenvalue weighted by Gasteiger charge is -2.26. The van der Waals surface area contributed by atoms with E-state index in [9.17, 15) is 14.7 Å². The Bertz CT molecular complexity index is 1360. The number of hydrogen-bond donors (Lipinski definition) is 1. The molecule has 1 unspecified atom stereocenters. The first-order valence-electron chi connectivity index (χ1n) is 13.1. The third kappa shape index (κ3) is 6.25. The summed E-state index contributed by atoms with van der Waals surface area (Å²) in [6.07, 6.45) is -0.00257. The summed E-state index contributed by atoms with van der Waals surface area (Å²) in [6, 6.07) is 20.7. The fraction of sp³-hybridized carbons (Fsp3) is 0.312. The quantitative estimate of drug-likeness (QED) is 0.193. The Balaban J connectivity index is 1.81. The van der Waals surface area contributed by atoms with Gasteiger partial charge in [0.05, 0.1) is 38.0 Å². The number of nitrogens with zero attached hydrogens (tertiary/aromatic N) is 1. The molecule has 1 atom stereocenters. The van der Waals surface area contributed by atoms with Gasteiger partial charge in [0.15, 0.2) is 0 Å². The van der Waals surface area contributed by atoms with Crippen molar-refractivity contribution in [3.05, 3.63) is 95.1 Å². The monoisotopic (exact) mass is 529 g/mol. The minimum atomic E-state index is -0.816. The summed E-state index contributed by atoms with van der Waals surface area (Å²) < 4.78 is 17.1. The molecule has 3 aromatic carbocycles. The van der Waals surface area contributed by atoms with E-state index >= 15 is 0 Å². The van der Waals surface area contributed by atoms with Gasteiger partial charge in [0.25, 0.3) is 11.7 Å². The second kappa shape index (κ2) is 12.1. The van der Waals surface area contributed by atoms with Crippen molar-refractivity contribution in [1.82, 2.24) is 4.90 Å². The number of ether oxygens (including phenoxy) is 3. The van der Waals surface area contributed by atoms with Crippen LogP contribution in [0.5, 0.6) is 17.2 Å². The van der Waals surface area contributed by atoms with E-state index in [1.54, 1.807) is 43.5 Å². The molecule has 7 nitrogen and oxygen atoms in total. The molecule has 1 amide bonds. The number of carbonyl (C=O) groups excluding carboxylic acids is 2. The largest absolute Gasteiger partial charge is 0.507 e. The minimum Gasteiger partial charge on any atom is -0.507 e. The summed E-state index contributed by atoms with van der Waals surface area (Å²) >= 11 is 0. The zero-order chi connectivity index (χ0) is 28.1. The highest BCUT2D eigenvalue weighted by Crippen LogP contribution is 2.41. The van der Waals surface area contributed by atoms with E-state index < -0.39 is 17.7 Å². The molecule has 7 heteroatoms. The molecule has 0 aromatic heterocycles. The number of carbonyl (C=O) groups is 2. The second-order valence-corrected chi connectivity index (χ2v) is 10.2. The highest BCUT2D eigenvalue weighted by Gasteiger charge is 2.46. The smallest absolute Gasteiger partial charge is 0.295 e. The Morgan fingerprint density at radius 2 is 1.64 bits per heavy atom. The van der Waals surface area contributed by atoms with Gasteiger partial charge in [-0.25, -0.2) is 0 Å². The van der Waals surface area contributed by atoms with Crippen molar-refractivity contribution >= 4 is 17.4 Å². The fourth-order valence-electron chi connectivity index (χ4n) is 4.56. The van der Waals surface area contributed by atoms with Gasteiger partial charge in [-0.2, -0.15) is 0 Å². The number of benzene rings is 3. The van der Waals surface area contributed by atoms with Gasteiger partial charge in [-0.1, -0.05) is 56.3 Å². The molecule has 1 fully saturated rings. The predicted molar refractivity (Wildman–Crippen MR) is 150 cm³/mol. The van der Waals surface area contributed by atoms with Crippen LogP contribution in [0.2, 0.25) is 0 Å². The van der Waals surface area contributed by atoms with E-state index in [0.29, 0.717) is 40.9 Å². The van der Waals surface area contributed by atoms with Crippen LogP contribution in [-0.4, -0.2) is 41.5 Å². The topological polar surface area (TPSA) is 85.3 Å². The normalized spacial score (nSPS) is 16.7. The van der Waals surface area contributed by atoms with Crippen molar-refractivity contribution in [2.45, 2.75) is 46.4 Å². The number of hydrogen-bond acceptors (Lipinski definition) is 6. The van der Waals surface area contributed by atoms with Crippen LogP contribution in [0, 0.1) is 5.92 Å². The third-order valence-corrected chi connectivity index (χ3v) is 6.33. The molecular weight excluding hydrogens is 494 g/mol. The number of aliphatic hydroxyl groups excluding tert-OH is 1. The van der Waals surface area contributed by atoms with Crippen molar-refractivity contribution in [3.8, 4) is 17.2 Å². The van der Waals surface area contributed by atoms with E-state index in [4.69, 9.17) is 14.2 Å². The maximum Gasteiger partial charge on any atom is 0.295 e. The molecule has 0 aliphatic carbocycles. The Kier molecular flexibility index (Phi) is 8.59. The Labute approximate surface area is 229 Å². The van der Waals surface area contributed by atoms with E-state index in [1.807, 2.05) is 64.1 Å². The molecular formula is C32H35NO6. The zero-order valence-electron chi connectivity index (χ0n) is 23.0. The van der Waals surface area contributed by atoms with Crippen molar-refractivity contribution in [3.63, 3.8) is 0 Å². The van der Waals surface area contributed by atoms with Gasteiger partial charge in [0.1, 0.15) is 23.0 Å².